The zero-order valence-electron chi connectivity index (χ0n) is 25.2. The average molecular weight is 695 g/mol. The van der Waals surface area contributed by atoms with E-state index in [-0.39, 0.29) is 25.1 Å². The van der Waals surface area contributed by atoms with Crippen molar-refractivity contribution in [1.29, 1.82) is 0 Å². The first kappa shape index (κ1) is 42.6. The lowest BCUT2D eigenvalue weighted by Crippen LogP contribution is -2.36. The number of nitrogens with one attached hydrogen (secondary N) is 2. The van der Waals surface area contributed by atoms with Crippen LogP contribution >= 0.6 is 0 Å². The van der Waals surface area contributed by atoms with Gasteiger partial charge < -0.3 is 30.0 Å². The van der Waals surface area contributed by atoms with Crippen LogP contribution in [0.1, 0.15) is 71.2 Å². The summed E-state index contributed by atoms with van der Waals surface area (Å²) in [6.45, 7) is 8.94. The number of carbonyl (C=O) groups excluding carboxylic acids is 3. The maximum atomic E-state index is 13.1. The predicted octanol–water partition coefficient (Wildman–Crippen LogP) is 8.27. The summed E-state index contributed by atoms with van der Waals surface area (Å²) in [5.74, 6) is -4.04. The lowest BCUT2D eigenvalue weighted by atomic mass is 10.1. The summed E-state index contributed by atoms with van der Waals surface area (Å²) in [5, 5.41) is 13.0. The van der Waals surface area contributed by atoms with Gasteiger partial charge in [0.2, 0.25) is 0 Å². The fraction of sp³-hybridized carbons (Fsp3) is 0.483. The first-order valence-electron chi connectivity index (χ1n) is 12.9. The largest absolute Gasteiger partial charge is 0.514 e. The Morgan fingerprint density at radius 2 is 1.13 bits per heavy atom. The second-order valence-electron chi connectivity index (χ2n) is 11.3. The summed E-state index contributed by atoms with van der Waals surface area (Å²) >= 11 is 0. The van der Waals surface area contributed by atoms with Gasteiger partial charge in [0.15, 0.2) is 0 Å². The van der Waals surface area contributed by atoms with E-state index in [1.807, 2.05) is 0 Å². The highest BCUT2D eigenvalue weighted by Crippen LogP contribution is 2.37. The SMILES string of the molecule is C.CC(C)(C)OC(=O)NCc1ccc(C(F)(F)F)c(OC(=O)OC(C)(C)C)c1.O=C(NCc1ccc(C(F)(F)F)c(O)c1)C(F)(F)F. The third kappa shape index (κ3) is 16.1. The van der Waals surface area contributed by atoms with E-state index < -0.39 is 77.1 Å². The van der Waals surface area contributed by atoms with Crippen LogP contribution in [0.4, 0.5) is 49.1 Å². The molecule has 2 rings (SSSR count). The molecule has 0 spiro atoms. The number of benzene rings is 2. The van der Waals surface area contributed by atoms with Gasteiger partial charge in [0.25, 0.3) is 0 Å². The Morgan fingerprint density at radius 3 is 1.55 bits per heavy atom. The molecule has 0 aliphatic rings. The van der Waals surface area contributed by atoms with Gasteiger partial charge in [0.05, 0.1) is 11.1 Å². The number of alkyl halides is 9. The molecule has 0 atom stereocenters. The molecule has 2 amide bonds. The number of hydrogen-bond acceptors (Lipinski definition) is 7. The summed E-state index contributed by atoms with van der Waals surface area (Å²) in [6, 6.07) is 4.97. The van der Waals surface area contributed by atoms with Crippen molar-refractivity contribution >= 4 is 18.2 Å². The van der Waals surface area contributed by atoms with E-state index in [0.29, 0.717) is 12.1 Å². The number of ether oxygens (including phenoxy) is 3. The molecule has 266 valence electrons. The highest BCUT2D eigenvalue weighted by Gasteiger charge is 2.39. The van der Waals surface area contributed by atoms with Crippen molar-refractivity contribution in [1.82, 2.24) is 10.6 Å². The van der Waals surface area contributed by atoms with Crippen molar-refractivity contribution in [2.24, 2.45) is 0 Å². The number of hydrogen-bond donors (Lipinski definition) is 3. The van der Waals surface area contributed by atoms with Crippen LogP contribution in [-0.2, 0) is 39.7 Å². The molecule has 0 saturated carbocycles. The minimum Gasteiger partial charge on any atom is -0.507 e. The Bertz CT molecular complexity index is 1380. The van der Waals surface area contributed by atoms with Crippen LogP contribution in [0.15, 0.2) is 36.4 Å². The van der Waals surface area contributed by atoms with Gasteiger partial charge in [-0.1, -0.05) is 19.6 Å². The molecule has 47 heavy (non-hydrogen) atoms. The van der Waals surface area contributed by atoms with Gasteiger partial charge >= 0.3 is 36.7 Å². The molecule has 2 aromatic carbocycles. The molecule has 0 unspecified atom stereocenters. The van der Waals surface area contributed by atoms with Crippen molar-refractivity contribution < 1.29 is 73.2 Å². The Labute approximate surface area is 264 Å². The molecule has 0 bridgehead atoms. The molecule has 2 aromatic rings. The Kier molecular flexibility index (Phi) is 14.5. The summed E-state index contributed by atoms with van der Waals surface area (Å²) in [6.07, 6.45) is -16.6. The number of alkyl carbamates (subject to hydrolysis) is 1. The average Bonchev–Trinajstić information content (AvgIpc) is 2.82. The van der Waals surface area contributed by atoms with Crippen LogP contribution in [0.3, 0.4) is 0 Å². The van der Waals surface area contributed by atoms with Gasteiger partial charge in [-0.3, -0.25) is 4.79 Å². The van der Waals surface area contributed by atoms with E-state index in [1.54, 1.807) is 41.5 Å². The van der Waals surface area contributed by atoms with Crippen LogP contribution in [0.2, 0.25) is 0 Å². The number of phenols is 1. The van der Waals surface area contributed by atoms with Gasteiger partial charge in [0, 0.05) is 13.1 Å². The van der Waals surface area contributed by atoms with Crippen molar-refractivity contribution in [3.8, 4) is 11.5 Å². The topological polar surface area (TPSA) is 123 Å². The van der Waals surface area contributed by atoms with Crippen molar-refractivity contribution in [2.45, 2.75) is 91.8 Å². The lowest BCUT2D eigenvalue weighted by molar-refractivity contribution is -0.173. The predicted molar refractivity (Wildman–Crippen MR) is 149 cm³/mol. The standard InChI is InChI=1S/C18H24F3NO5.C10H7F6NO2.CH4/c1-16(2,3)26-14(23)22-10-11-7-8-12(18(19,20)21)13(9-11)25-15(24)27-17(4,5)6;11-9(12,13)6-2-1-5(3-7(6)18)4-17-8(19)10(14,15)16;/h7-9H,10H2,1-6H3,(H,22,23);1-3,18H,4H2,(H,17,19);1H4. The maximum absolute atomic E-state index is 13.1. The number of amides is 2. The van der Waals surface area contributed by atoms with Crippen molar-refractivity contribution in [3.63, 3.8) is 0 Å². The van der Waals surface area contributed by atoms with Crippen LogP contribution in [0.5, 0.6) is 11.5 Å². The molecule has 3 N–H and O–H groups in total. The quantitative estimate of drug-likeness (QED) is 0.164. The number of phenolic OH excluding ortho intramolecular Hbond substituents is 1. The zero-order chi connectivity index (χ0) is 35.9. The summed E-state index contributed by atoms with van der Waals surface area (Å²) in [7, 11) is 0. The van der Waals surface area contributed by atoms with Gasteiger partial charge in [-0.2, -0.15) is 39.5 Å². The van der Waals surface area contributed by atoms with Gasteiger partial charge in [-0.25, -0.2) is 9.59 Å². The Morgan fingerprint density at radius 1 is 0.681 bits per heavy atom. The number of carbonyl (C=O) groups is 3. The highest BCUT2D eigenvalue weighted by atomic mass is 19.4. The molecule has 0 heterocycles. The number of halogens is 9. The van der Waals surface area contributed by atoms with Crippen LogP contribution < -0.4 is 15.4 Å². The molecule has 0 radical (unpaired) electrons. The van der Waals surface area contributed by atoms with Crippen LogP contribution in [0.25, 0.3) is 0 Å². The van der Waals surface area contributed by atoms with Gasteiger partial charge in [0.1, 0.15) is 22.7 Å². The summed E-state index contributed by atoms with van der Waals surface area (Å²) in [5.41, 5.74) is -3.89. The second kappa shape index (κ2) is 15.9. The smallest absolute Gasteiger partial charge is 0.507 e. The Hall–Kier alpha value is -4.38. The van der Waals surface area contributed by atoms with E-state index in [1.165, 1.54) is 11.4 Å². The minimum atomic E-state index is -5.08. The molecule has 0 aliphatic heterocycles. The monoisotopic (exact) mass is 694 g/mol. The normalized spacial score (nSPS) is 12.1. The van der Waals surface area contributed by atoms with E-state index in [9.17, 15) is 53.9 Å². The molecule has 0 aliphatic carbocycles. The molecule has 9 nitrogen and oxygen atoms in total. The molecule has 18 heteroatoms. The third-order valence-corrected chi connectivity index (χ3v) is 4.85. The van der Waals surface area contributed by atoms with Crippen molar-refractivity contribution in [3.05, 3.63) is 58.7 Å². The van der Waals surface area contributed by atoms with Gasteiger partial charge in [-0.15, -0.1) is 0 Å². The summed E-state index contributed by atoms with van der Waals surface area (Å²) < 4.78 is 126. The van der Waals surface area contributed by atoms with E-state index >= 15 is 0 Å². The molecule has 0 fully saturated rings. The number of rotatable bonds is 5. The molecule has 0 aromatic heterocycles. The third-order valence-electron chi connectivity index (χ3n) is 4.85. The first-order valence-corrected chi connectivity index (χ1v) is 12.9. The molecular weight excluding hydrogens is 659 g/mol. The maximum Gasteiger partial charge on any atom is 0.514 e. The highest BCUT2D eigenvalue weighted by molar-refractivity contribution is 5.81. The lowest BCUT2D eigenvalue weighted by Gasteiger charge is -2.21. The van der Waals surface area contributed by atoms with Crippen LogP contribution in [-0.4, -0.2) is 40.6 Å². The number of aromatic hydroxyl groups is 1. The minimum absolute atomic E-state index is 0. The zero-order valence-corrected chi connectivity index (χ0v) is 25.2. The van der Waals surface area contributed by atoms with E-state index in [0.717, 1.165) is 18.2 Å². The summed E-state index contributed by atoms with van der Waals surface area (Å²) in [4.78, 5) is 33.9. The van der Waals surface area contributed by atoms with Crippen molar-refractivity contribution in [2.75, 3.05) is 0 Å². The van der Waals surface area contributed by atoms with E-state index in [4.69, 9.17) is 19.3 Å². The second-order valence-corrected chi connectivity index (χ2v) is 11.3. The van der Waals surface area contributed by atoms with Crippen LogP contribution in [0, 0.1) is 0 Å². The van der Waals surface area contributed by atoms with E-state index in [2.05, 4.69) is 5.32 Å². The van der Waals surface area contributed by atoms with Gasteiger partial charge in [-0.05, 0) is 76.9 Å². The first-order chi connectivity index (χ1) is 20.6. The molecular formula is C29H35F9N2O7. The Balaban J connectivity index is 0.000000933. The molecule has 0 saturated heterocycles. The fourth-order valence-electron chi connectivity index (χ4n) is 3.05. The fourth-order valence-corrected chi connectivity index (χ4v) is 3.05.